The van der Waals surface area contributed by atoms with Crippen LogP contribution < -0.4 is 11.2 Å². The van der Waals surface area contributed by atoms with Crippen LogP contribution in [0.25, 0.3) is 10.9 Å². The minimum Gasteiger partial charge on any atom is -0.346 e. The van der Waals surface area contributed by atoms with Gasteiger partial charge in [-0.3, -0.25) is 4.79 Å². The molecule has 3 nitrogen and oxygen atoms in total. The third kappa shape index (κ3) is 1.36. The second kappa shape index (κ2) is 3.51. The van der Waals surface area contributed by atoms with E-state index in [2.05, 4.69) is 0 Å². The molecule has 1 aromatic carbocycles. The van der Waals surface area contributed by atoms with Crippen molar-refractivity contribution in [2.24, 2.45) is 12.8 Å². The summed E-state index contributed by atoms with van der Waals surface area (Å²) in [6.45, 7) is 2.22. The molecule has 0 spiro atoms. The first-order valence-electron chi connectivity index (χ1n) is 4.94. The van der Waals surface area contributed by atoms with E-state index in [4.69, 9.17) is 5.73 Å². The SMILES string of the molecule is Cc1c(CN)n(C)c2ccccc2c1=O. The van der Waals surface area contributed by atoms with Gasteiger partial charge >= 0.3 is 0 Å². The van der Waals surface area contributed by atoms with E-state index in [0.29, 0.717) is 6.54 Å². The van der Waals surface area contributed by atoms with Crippen LogP contribution in [0.15, 0.2) is 29.1 Å². The van der Waals surface area contributed by atoms with Crippen molar-refractivity contribution in [3.05, 3.63) is 45.7 Å². The summed E-state index contributed by atoms with van der Waals surface area (Å²) in [5, 5.41) is 0.759. The van der Waals surface area contributed by atoms with Crippen molar-refractivity contribution in [3.63, 3.8) is 0 Å². The highest BCUT2D eigenvalue weighted by molar-refractivity contribution is 5.80. The number of benzene rings is 1. The molecule has 0 aliphatic rings. The first-order chi connectivity index (χ1) is 7.16. The molecule has 0 atom stereocenters. The van der Waals surface area contributed by atoms with E-state index < -0.39 is 0 Å². The Bertz CT molecular complexity index is 570. The van der Waals surface area contributed by atoms with E-state index in [1.165, 1.54) is 0 Å². The zero-order chi connectivity index (χ0) is 11.0. The van der Waals surface area contributed by atoms with Crippen LogP contribution in [0.1, 0.15) is 11.3 Å². The lowest BCUT2D eigenvalue weighted by Gasteiger charge is -2.13. The van der Waals surface area contributed by atoms with Gasteiger partial charge in [-0.25, -0.2) is 0 Å². The van der Waals surface area contributed by atoms with E-state index in [1.54, 1.807) is 0 Å². The van der Waals surface area contributed by atoms with Crippen molar-refractivity contribution in [1.82, 2.24) is 4.57 Å². The number of fused-ring (bicyclic) bond motifs is 1. The lowest BCUT2D eigenvalue weighted by molar-refractivity contribution is 0.819. The van der Waals surface area contributed by atoms with Gasteiger partial charge in [0.1, 0.15) is 0 Å². The van der Waals surface area contributed by atoms with Crippen LogP contribution in [-0.4, -0.2) is 4.57 Å². The molecule has 1 aromatic heterocycles. The molecule has 1 heterocycles. The predicted molar refractivity (Wildman–Crippen MR) is 61.8 cm³/mol. The number of pyridine rings is 1. The minimum absolute atomic E-state index is 0.0872. The molecular formula is C12H14N2O. The number of hydrogen-bond acceptors (Lipinski definition) is 2. The van der Waals surface area contributed by atoms with Gasteiger partial charge in [-0.2, -0.15) is 0 Å². The first kappa shape index (κ1) is 9.93. The van der Waals surface area contributed by atoms with Gasteiger partial charge in [-0.15, -0.1) is 0 Å². The largest absolute Gasteiger partial charge is 0.346 e. The van der Waals surface area contributed by atoms with Crippen molar-refractivity contribution >= 4 is 10.9 Å². The predicted octanol–water partition coefficient (Wildman–Crippen LogP) is 1.31. The number of para-hydroxylation sites is 1. The Balaban J connectivity index is 3.03. The maximum absolute atomic E-state index is 12.0. The van der Waals surface area contributed by atoms with E-state index in [0.717, 1.165) is 22.2 Å². The fraction of sp³-hybridized carbons (Fsp3) is 0.250. The molecule has 0 aliphatic heterocycles. The van der Waals surface area contributed by atoms with Crippen molar-refractivity contribution in [2.75, 3.05) is 0 Å². The van der Waals surface area contributed by atoms with Crippen LogP contribution in [-0.2, 0) is 13.6 Å². The number of nitrogens with zero attached hydrogens (tertiary/aromatic N) is 1. The quantitative estimate of drug-likeness (QED) is 0.757. The lowest BCUT2D eigenvalue weighted by atomic mass is 10.1. The highest BCUT2D eigenvalue weighted by Crippen LogP contribution is 2.13. The normalized spacial score (nSPS) is 10.9. The third-order valence-electron chi connectivity index (χ3n) is 2.88. The summed E-state index contributed by atoms with van der Waals surface area (Å²) in [6, 6.07) is 7.60. The zero-order valence-electron chi connectivity index (χ0n) is 8.95. The molecule has 2 N–H and O–H groups in total. The second-order valence-corrected chi connectivity index (χ2v) is 3.68. The van der Waals surface area contributed by atoms with Gasteiger partial charge in [-0.1, -0.05) is 12.1 Å². The Morgan fingerprint density at radius 1 is 1.33 bits per heavy atom. The Morgan fingerprint density at radius 2 is 2.00 bits per heavy atom. The summed E-state index contributed by atoms with van der Waals surface area (Å²) in [4.78, 5) is 12.0. The molecule has 0 saturated carbocycles. The van der Waals surface area contributed by atoms with Crippen molar-refractivity contribution in [3.8, 4) is 0 Å². The molecule has 15 heavy (non-hydrogen) atoms. The number of hydrogen-bond donors (Lipinski definition) is 1. The van der Waals surface area contributed by atoms with Crippen LogP contribution >= 0.6 is 0 Å². The fourth-order valence-electron chi connectivity index (χ4n) is 1.98. The van der Waals surface area contributed by atoms with Gasteiger partial charge in [-0.05, 0) is 19.1 Å². The van der Waals surface area contributed by atoms with Crippen molar-refractivity contribution in [1.29, 1.82) is 0 Å². The highest BCUT2D eigenvalue weighted by Gasteiger charge is 2.09. The number of nitrogens with two attached hydrogens (primary N) is 1. The van der Waals surface area contributed by atoms with Gasteiger partial charge in [0.2, 0.25) is 0 Å². The average molecular weight is 202 g/mol. The molecule has 2 rings (SSSR count). The third-order valence-corrected chi connectivity index (χ3v) is 2.88. The monoisotopic (exact) mass is 202 g/mol. The maximum Gasteiger partial charge on any atom is 0.192 e. The van der Waals surface area contributed by atoms with Crippen LogP contribution in [0, 0.1) is 6.92 Å². The average Bonchev–Trinajstić information content (AvgIpc) is 2.27. The van der Waals surface area contributed by atoms with E-state index in [9.17, 15) is 4.79 Å². The molecule has 0 fully saturated rings. The van der Waals surface area contributed by atoms with Gasteiger partial charge in [0.25, 0.3) is 0 Å². The Hall–Kier alpha value is -1.61. The summed E-state index contributed by atoms with van der Waals surface area (Å²) in [6.07, 6.45) is 0. The molecular weight excluding hydrogens is 188 g/mol. The van der Waals surface area contributed by atoms with Crippen molar-refractivity contribution in [2.45, 2.75) is 13.5 Å². The van der Waals surface area contributed by atoms with Gasteiger partial charge in [0, 0.05) is 30.2 Å². The summed E-state index contributed by atoms with van der Waals surface area (Å²) in [5.74, 6) is 0. The zero-order valence-corrected chi connectivity index (χ0v) is 8.95. The number of aromatic nitrogens is 1. The maximum atomic E-state index is 12.0. The standard InChI is InChI=1S/C12H14N2O/c1-8-11(7-13)14(2)10-6-4-3-5-9(10)12(8)15/h3-6H,7,13H2,1-2H3. The molecule has 0 saturated heterocycles. The molecule has 78 valence electrons. The fourth-order valence-corrected chi connectivity index (χ4v) is 1.98. The van der Waals surface area contributed by atoms with Crippen molar-refractivity contribution < 1.29 is 0 Å². The van der Waals surface area contributed by atoms with E-state index >= 15 is 0 Å². The van der Waals surface area contributed by atoms with Gasteiger partial charge in [0.05, 0.1) is 5.52 Å². The Morgan fingerprint density at radius 3 is 2.67 bits per heavy atom. The summed E-state index contributed by atoms with van der Waals surface area (Å²) < 4.78 is 1.99. The second-order valence-electron chi connectivity index (χ2n) is 3.68. The first-order valence-corrected chi connectivity index (χ1v) is 4.94. The molecule has 0 unspecified atom stereocenters. The van der Waals surface area contributed by atoms with Crippen LogP contribution in [0.4, 0.5) is 0 Å². The Kier molecular flexibility index (Phi) is 2.32. The molecule has 0 bridgehead atoms. The van der Waals surface area contributed by atoms with E-state index in [-0.39, 0.29) is 5.43 Å². The van der Waals surface area contributed by atoms with Gasteiger partial charge < -0.3 is 10.3 Å². The van der Waals surface area contributed by atoms with Gasteiger partial charge in [0.15, 0.2) is 5.43 Å². The van der Waals surface area contributed by atoms with Crippen LogP contribution in [0.3, 0.4) is 0 Å². The summed E-state index contributed by atoms with van der Waals surface area (Å²) in [7, 11) is 1.94. The highest BCUT2D eigenvalue weighted by atomic mass is 16.1. The smallest absolute Gasteiger partial charge is 0.192 e. The summed E-state index contributed by atoms with van der Waals surface area (Å²) in [5.41, 5.74) is 8.33. The molecule has 3 heteroatoms. The molecule has 0 aliphatic carbocycles. The van der Waals surface area contributed by atoms with E-state index in [1.807, 2.05) is 42.8 Å². The topological polar surface area (TPSA) is 48.0 Å². The van der Waals surface area contributed by atoms with Crippen LogP contribution in [0.5, 0.6) is 0 Å². The summed E-state index contributed by atoms with van der Waals surface area (Å²) >= 11 is 0. The number of rotatable bonds is 1. The number of aryl methyl sites for hydroxylation is 1. The molecule has 0 amide bonds. The lowest BCUT2D eigenvalue weighted by Crippen LogP contribution is -2.19. The molecule has 0 radical (unpaired) electrons. The van der Waals surface area contributed by atoms with Crippen LogP contribution in [0.2, 0.25) is 0 Å². The molecule has 2 aromatic rings. The Labute approximate surface area is 88.1 Å². The minimum atomic E-state index is 0.0872.